The fourth-order valence-electron chi connectivity index (χ4n) is 11.1. The maximum atomic E-state index is 11.5. The van der Waals surface area contributed by atoms with E-state index < -0.39 is 48.2 Å². The van der Waals surface area contributed by atoms with Crippen molar-refractivity contribution in [3.8, 4) is 0 Å². The lowest BCUT2D eigenvalue weighted by molar-refractivity contribution is -0.316. The Balaban J connectivity index is 1.03. The lowest BCUT2D eigenvalue weighted by Gasteiger charge is -2.58. The fraction of sp³-hybridized carbons (Fsp3) is 1.00. The highest BCUT2D eigenvalue weighted by atomic mass is 16.8. The Morgan fingerprint density at radius 2 is 0.656 bits per heavy atom. The van der Waals surface area contributed by atoms with Gasteiger partial charge in [-0.2, -0.15) is 0 Å². The van der Waals surface area contributed by atoms with E-state index in [9.17, 15) is 10.2 Å². The number of hydrogen-bond donors (Lipinski definition) is 2. The van der Waals surface area contributed by atoms with Crippen LogP contribution in [0, 0.1) is 47.3 Å². The van der Waals surface area contributed by atoms with E-state index in [0.29, 0.717) is 23.7 Å². The van der Waals surface area contributed by atoms with E-state index in [1.807, 2.05) is 0 Å². The van der Waals surface area contributed by atoms with Crippen molar-refractivity contribution in [1.82, 2.24) is 0 Å². The Hall–Kier alpha value is -0.240. The van der Waals surface area contributed by atoms with Crippen LogP contribution in [0.15, 0.2) is 0 Å². The molecule has 11 rings (SSSR count). The molecule has 0 aromatic carbocycles. The summed E-state index contributed by atoms with van der Waals surface area (Å²) in [6.07, 6.45) is 8.47. The zero-order valence-electron chi connectivity index (χ0n) is 18.7. The normalized spacial score (nSPS) is 69.9. The number of ether oxygens (including phenoxy) is 4. The molecule has 2 N–H and O–H groups in total. The van der Waals surface area contributed by atoms with Crippen molar-refractivity contribution in [2.24, 2.45) is 47.3 Å². The van der Waals surface area contributed by atoms with Gasteiger partial charge in [-0.05, 0) is 87.9 Å². The average Bonchev–Trinajstić information content (AvgIpc) is 3.36. The molecule has 0 unspecified atom stereocenters. The molecule has 0 aromatic rings. The number of hydrogen-bond acceptors (Lipinski definition) is 6. The second-order valence-corrected chi connectivity index (χ2v) is 13.4. The Labute approximate surface area is 189 Å². The predicted octanol–water partition coefficient (Wildman–Crippen LogP) is 2.59. The van der Waals surface area contributed by atoms with Crippen LogP contribution < -0.4 is 0 Å². The van der Waals surface area contributed by atoms with Crippen LogP contribution in [0.3, 0.4) is 0 Å². The minimum absolute atomic E-state index is 0.404. The van der Waals surface area contributed by atoms with Crippen molar-refractivity contribution >= 4 is 0 Å². The molecule has 8 bridgehead atoms. The van der Waals surface area contributed by atoms with E-state index in [4.69, 9.17) is 18.9 Å². The van der Waals surface area contributed by atoms with Gasteiger partial charge in [-0.15, -0.1) is 0 Å². The third-order valence-electron chi connectivity index (χ3n) is 11.8. The summed E-state index contributed by atoms with van der Waals surface area (Å²) >= 11 is 0. The van der Waals surface area contributed by atoms with E-state index in [0.717, 1.165) is 23.7 Å². The Morgan fingerprint density at radius 3 is 0.906 bits per heavy atom. The van der Waals surface area contributed by atoms with Crippen molar-refractivity contribution in [3.05, 3.63) is 0 Å². The summed E-state index contributed by atoms with van der Waals surface area (Å²) in [5.74, 6) is 3.66. The van der Waals surface area contributed by atoms with Crippen LogP contribution in [0.25, 0.3) is 0 Å². The predicted molar refractivity (Wildman–Crippen MR) is 111 cm³/mol. The zero-order chi connectivity index (χ0) is 21.0. The SMILES string of the molecule is O[C@@H]1[C@H]2OC3(O[C@H]2[C@@H](O)[C@@H]2OC4(O[C@@H]12)C1CC2CC(C1)CC4C2)C1CC2CC(C1)CC3C2. The van der Waals surface area contributed by atoms with Crippen LogP contribution >= 0.6 is 0 Å². The lowest BCUT2D eigenvalue weighted by Crippen LogP contribution is -2.61. The molecule has 2 spiro atoms. The molecule has 11 aliphatic rings. The molecule has 0 radical (unpaired) electrons. The Morgan fingerprint density at radius 1 is 0.406 bits per heavy atom. The first kappa shape index (κ1) is 19.0. The van der Waals surface area contributed by atoms with Gasteiger partial charge in [-0.3, -0.25) is 0 Å². The summed E-state index contributed by atoms with van der Waals surface area (Å²) in [5.41, 5.74) is 0. The molecule has 6 nitrogen and oxygen atoms in total. The van der Waals surface area contributed by atoms with Gasteiger partial charge >= 0.3 is 0 Å². The molecular formula is C26H36O6. The smallest absolute Gasteiger partial charge is 0.175 e. The average molecular weight is 445 g/mol. The van der Waals surface area contributed by atoms with Gasteiger partial charge in [0.2, 0.25) is 0 Å². The van der Waals surface area contributed by atoms with Gasteiger partial charge in [0, 0.05) is 23.7 Å². The molecular weight excluding hydrogens is 408 g/mol. The molecule has 9 aliphatic carbocycles. The second kappa shape index (κ2) is 5.93. The third kappa shape index (κ3) is 2.12. The third-order valence-corrected chi connectivity index (χ3v) is 11.8. The van der Waals surface area contributed by atoms with E-state index in [-0.39, 0.29) is 0 Å². The van der Waals surface area contributed by atoms with Gasteiger partial charge < -0.3 is 29.2 Å². The summed E-state index contributed by atoms with van der Waals surface area (Å²) < 4.78 is 27.0. The van der Waals surface area contributed by atoms with E-state index in [1.165, 1.54) is 64.2 Å². The number of aliphatic hydroxyl groups is 2. The van der Waals surface area contributed by atoms with E-state index >= 15 is 0 Å². The highest BCUT2D eigenvalue weighted by Gasteiger charge is 2.73. The number of rotatable bonds is 0. The van der Waals surface area contributed by atoms with Gasteiger partial charge in [0.25, 0.3) is 0 Å². The van der Waals surface area contributed by atoms with E-state index in [1.54, 1.807) is 0 Å². The molecule has 176 valence electrons. The lowest BCUT2D eigenvalue weighted by atomic mass is 9.53. The molecule has 6 atom stereocenters. The molecule has 6 heteroatoms. The summed E-state index contributed by atoms with van der Waals surface area (Å²) in [7, 11) is 0. The zero-order valence-corrected chi connectivity index (χ0v) is 18.7. The molecule has 0 amide bonds. The van der Waals surface area contributed by atoms with Crippen LogP contribution in [0.1, 0.15) is 64.2 Å². The molecule has 2 aliphatic heterocycles. The maximum Gasteiger partial charge on any atom is 0.175 e. The van der Waals surface area contributed by atoms with Crippen molar-refractivity contribution < 1.29 is 29.2 Å². The summed E-state index contributed by atoms with van der Waals surface area (Å²) in [4.78, 5) is 0. The van der Waals surface area contributed by atoms with Gasteiger partial charge in [0.05, 0.1) is 0 Å². The van der Waals surface area contributed by atoms with Gasteiger partial charge in [-0.25, -0.2) is 0 Å². The molecule has 0 aromatic heterocycles. The minimum atomic E-state index is -0.804. The second-order valence-electron chi connectivity index (χ2n) is 13.4. The highest BCUT2D eigenvalue weighted by molar-refractivity contribution is 5.16. The summed E-state index contributed by atoms with van der Waals surface area (Å²) in [6, 6.07) is 0. The van der Waals surface area contributed by atoms with Crippen LogP contribution in [0.5, 0.6) is 0 Å². The maximum absolute atomic E-state index is 11.5. The van der Waals surface area contributed by atoms with Gasteiger partial charge in [-0.1, -0.05) is 0 Å². The molecule has 2 heterocycles. The topological polar surface area (TPSA) is 77.4 Å². The Bertz CT molecular complexity index is 690. The summed E-state index contributed by atoms with van der Waals surface area (Å²) in [6.45, 7) is 0. The molecule has 11 fully saturated rings. The molecule has 9 saturated carbocycles. The first-order chi connectivity index (χ1) is 15.5. The van der Waals surface area contributed by atoms with Crippen LogP contribution in [0.4, 0.5) is 0 Å². The monoisotopic (exact) mass is 444 g/mol. The highest BCUT2D eigenvalue weighted by Crippen LogP contribution is 2.66. The largest absolute Gasteiger partial charge is 0.387 e. The first-order valence-corrected chi connectivity index (χ1v) is 13.6. The Kier molecular flexibility index (Phi) is 3.52. The number of aliphatic hydroxyl groups excluding tert-OH is 2. The first-order valence-electron chi connectivity index (χ1n) is 13.6. The van der Waals surface area contributed by atoms with Crippen molar-refractivity contribution in [2.75, 3.05) is 0 Å². The minimum Gasteiger partial charge on any atom is -0.387 e. The van der Waals surface area contributed by atoms with Crippen molar-refractivity contribution in [3.63, 3.8) is 0 Å². The van der Waals surface area contributed by atoms with Crippen molar-refractivity contribution in [2.45, 2.75) is 112 Å². The molecule has 2 saturated heterocycles. The van der Waals surface area contributed by atoms with Crippen LogP contribution in [-0.2, 0) is 18.9 Å². The standard InChI is InChI=1S/C26H36O6/c27-19-21-22(30-25(29-21)15-3-11-1-12(5-15)6-16(25)4-11)20(28)24-23(19)31-26(32-24)17-7-13-2-14(9-17)10-18(26)8-13/h11-24,27-28H,1-10H2/t11?,12?,13?,14?,15?,16?,17?,18?,19-,20-,21-,22-,23-,24+,25?,26?/m0/s1. The quantitative estimate of drug-likeness (QED) is 0.598. The van der Waals surface area contributed by atoms with Crippen LogP contribution in [-0.4, -0.2) is 58.4 Å². The van der Waals surface area contributed by atoms with Gasteiger partial charge in [0.1, 0.15) is 36.6 Å². The summed E-state index contributed by atoms with van der Waals surface area (Å²) in [5, 5.41) is 23.0. The van der Waals surface area contributed by atoms with Gasteiger partial charge in [0.15, 0.2) is 11.6 Å². The number of fused-ring (bicyclic) bond motifs is 2. The molecule has 32 heavy (non-hydrogen) atoms. The van der Waals surface area contributed by atoms with E-state index in [2.05, 4.69) is 0 Å². The fourth-order valence-corrected chi connectivity index (χ4v) is 11.1. The van der Waals surface area contributed by atoms with Crippen molar-refractivity contribution in [1.29, 1.82) is 0 Å². The van der Waals surface area contributed by atoms with Crippen LogP contribution in [0.2, 0.25) is 0 Å².